The number of esters is 1. The van der Waals surface area contributed by atoms with Gasteiger partial charge in [-0.15, -0.1) is 0 Å². The summed E-state index contributed by atoms with van der Waals surface area (Å²) in [4.78, 5) is 33.3. The maximum Gasteiger partial charge on any atom is 0.407 e. The normalized spacial score (nSPS) is 22.6. The van der Waals surface area contributed by atoms with E-state index in [9.17, 15) is 19.1 Å². The second kappa shape index (κ2) is 9.82. The van der Waals surface area contributed by atoms with Gasteiger partial charge in [0.1, 0.15) is 5.60 Å². The smallest absolute Gasteiger partial charge is 0.407 e. The average Bonchev–Trinajstić information content (AvgIpc) is 3.03. The molecular formula is C24H30FN3O5. The molecule has 0 unspecified atom stereocenters. The molecule has 33 heavy (non-hydrogen) atoms. The minimum atomic E-state index is -1.03. The standard InChI is InChI=1S/C24H30FN3O5/c1-5-32-21(30)24(11-18(19(29)12-24)28-22(31)33-23(2,3)4)10-15-7-6-8-16(9-15)20-26-13-17(25)14-27-20/h6-9,13-14,18-19,29H,5,10-12H2,1-4H3,(H,28,31)/t18-,19-,24-/m1/s1. The lowest BCUT2D eigenvalue weighted by Gasteiger charge is -2.27. The zero-order valence-corrected chi connectivity index (χ0v) is 19.3. The van der Waals surface area contributed by atoms with Crippen molar-refractivity contribution < 1.29 is 28.6 Å². The van der Waals surface area contributed by atoms with Crippen LogP contribution in [0.25, 0.3) is 11.4 Å². The Kier molecular flexibility index (Phi) is 7.31. The van der Waals surface area contributed by atoms with Crippen LogP contribution < -0.4 is 5.32 Å². The zero-order chi connectivity index (χ0) is 24.2. The lowest BCUT2D eigenvalue weighted by atomic mass is 9.79. The van der Waals surface area contributed by atoms with Crippen molar-refractivity contribution in [3.05, 3.63) is 48.0 Å². The number of alkyl carbamates (subject to hydrolysis) is 1. The van der Waals surface area contributed by atoms with E-state index in [4.69, 9.17) is 9.47 Å². The van der Waals surface area contributed by atoms with E-state index >= 15 is 0 Å². The molecule has 8 nitrogen and oxygen atoms in total. The summed E-state index contributed by atoms with van der Waals surface area (Å²) in [6.07, 6.45) is 1.20. The summed E-state index contributed by atoms with van der Waals surface area (Å²) >= 11 is 0. The molecule has 178 valence electrons. The lowest BCUT2D eigenvalue weighted by molar-refractivity contribution is -0.155. The van der Waals surface area contributed by atoms with Crippen molar-refractivity contribution in [2.24, 2.45) is 5.41 Å². The fourth-order valence-electron chi connectivity index (χ4n) is 4.13. The maximum absolute atomic E-state index is 13.2. The summed E-state index contributed by atoms with van der Waals surface area (Å²) in [6, 6.07) is 6.62. The van der Waals surface area contributed by atoms with E-state index in [1.54, 1.807) is 39.8 Å². The van der Waals surface area contributed by atoms with Crippen molar-refractivity contribution in [3.8, 4) is 11.4 Å². The number of aliphatic hydroxyl groups excluding tert-OH is 1. The van der Waals surface area contributed by atoms with Gasteiger partial charge in [0.2, 0.25) is 0 Å². The van der Waals surface area contributed by atoms with E-state index in [0.717, 1.165) is 18.0 Å². The zero-order valence-electron chi connectivity index (χ0n) is 19.3. The van der Waals surface area contributed by atoms with Gasteiger partial charge in [-0.3, -0.25) is 4.79 Å². The molecule has 1 aromatic heterocycles. The van der Waals surface area contributed by atoms with Gasteiger partial charge < -0.3 is 19.9 Å². The van der Waals surface area contributed by atoms with Crippen molar-refractivity contribution in [1.82, 2.24) is 15.3 Å². The quantitative estimate of drug-likeness (QED) is 0.637. The molecule has 2 N–H and O–H groups in total. The molecule has 1 aliphatic carbocycles. The highest BCUT2D eigenvalue weighted by Gasteiger charge is 2.51. The third-order valence-corrected chi connectivity index (χ3v) is 5.43. The predicted molar refractivity (Wildman–Crippen MR) is 119 cm³/mol. The summed E-state index contributed by atoms with van der Waals surface area (Å²) in [5, 5.41) is 13.4. The Labute approximate surface area is 192 Å². The minimum absolute atomic E-state index is 0.129. The number of hydrogen-bond donors (Lipinski definition) is 2. The fraction of sp³-hybridized carbons (Fsp3) is 0.500. The molecule has 1 aromatic carbocycles. The minimum Gasteiger partial charge on any atom is -0.466 e. The van der Waals surface area contributed by atoms with E-state index in [1.165, 1.54) is 0 Å². The van der Waals surface area contributed by atoms with Crippen LogP contribution in [-0.4, -0.2) is 51.5 Å². The molecule has 1 fully saturated rings. The van der Waals surface area contributed by atoms with E-state index in [2.05, 4.69) is 15.3 Å². The second-order valence-corrected chi connectivity index (χ2v) is 9.33. The summed E-state index contributed by atoms with van der Waals surface area (Å²) in [5.41, 5.74) is -0.237. The number of nitrogens with one attached hydrogen (secondary N) is 1. The molecule has 9 heteroatoms. The van der Waals surface area contributed by atoms with Gasteiger partial charge in [-0.25, -0.2) is 19.2 Å². The van der Waals surface area contributed by atoms with Crippen LogP contribution >= 0.6 is 0 Å². The van der Waals surface area contributed by atoms with Crippen LogP contribution in [0.4, 0.5) is 9.18 Å². The average molecular weight is 460 g/mol. The van der Waals surface area contributed by atoms with Gasteiger partial charge >= 0.3 is 12.1 Å². The van der Waals surface area contributed by atoms with Crippen LogP contribution in [0.3, 0.4) is 0 Å². The first kappa shape index (κ1) is 24.6. The first-order chi connectivity index (χ1) is 15.5. The monoisotopic (exact) mass is 459 g/mol. The molecule has 0 aliphatic heterocycles. The second-order valence-electron chi connectivity index (χ2n) is 9.33. The van der Waals surface area contributed by atoms with Crippen LogP contribution in [0.5, 0.6) is 0 Å². The molecular weight excluding hydrogens is 429 g/mol. The molecule has 3 rings (SSSR count). The number of nitrogens with zero attached hydrogens (tertiary/aromatic N) is 2. The first-order valence-electron chi connectivity index (χ1n) is 10.9. The number of aliphatic hydroxyl groups is 1. The number of ether oxygens (including phenoxy) is 2. The van der Waals surface area contributed by atoms with Crippen molar-refractivity contribution >= 4 is 12.1 Å². The number of carbonyl (C=O) groups excluding carboxylic acids is 2. The molecule has 0 spiro atoms. The molecule has 1 aliphatic rings. The van der Waals surface area contributed by atoms with Gasteiger partial charge in [-0.05, 0) is 58.6 Å². The topological polar surface area (TPSA) is 111 Å². The van der Waals surface area contributed by atoms with E-state index in [-0.39, 0.29) is 25.9 Å². The van der Waals surface area contributed by atoms with Crippen molar-refractivity contribution in [2.45, 2.75) is 64.7 Å². The molecule has 3 atom stereocenters. The van der Waals surface area contributed by atoms with Gasteiger partial charge in [-0.1, -0.05) is 18.2 Å². The first-order valence-corrected chi connectivity index (χ1v) is 10.9. The van der Waals surface area contributed by atoms with E-state index in [1.807, 2.05) is 12.1 Å². The molecule has 0 bridgehead atoms. The molecule has 1 amide bonds. The SMILES string of the molecule is CCOC(=O)[C@@]1(Cc2cccc(-c3ncc(F)cn3)c2)C[C@@H](O)[C@H](NC(=O)OC(C)(C)C)C1. The number of amides is 1. The number of halogens is 1. The third kappa shape index (κ3) is 6.25. The summed E-state index contributed by atoms with van der Waals surface area (Å²) < 4.78 is 23.8. The van der Waals surface area contributed by atoms with Gasteiger partial charge in [0, 0.05) is 5.56 Å². The highest BCUT2D eigenvalue weighted by atomic mass is 19.1. The third-order valence-electron chi connectivity index (χ3n) is 5.43. The van der Waals surface area contributed by atoms with Crippen LogP contribution in [0.1, 0.15) is 46.1 Å². The molecule has 0 saturated heterocycles. The van der Waals surface area contributed by atoms with Crippen molar-refractivity contribution in [2.75, 3.05) is 6.61 Å². The maximum atomic E-state index is 13.2. The van der Waals surface area contributed by atoms with Crippen LogP contribution in [0, 0.1) is 11.2 Å². The Bertz CT molecular complexity index is 992. The van der Waals surface area contributed by atoms with Crippen LogP contribution in [-0.2, 0) is 20.7 Å². The van der Waals surface area contributed by atoms with Gasteiger partial charge in [0.15, 0.2) is 11.6 Å². The number of rotatable bonds is 6. The van der Waals surface area contributed by atoms with Crippen LogP contribution in [0.2, 0.25) is 0 Å². The highest BCUT2D eigenvalue weighted by Crippen LogP contribution is 2.43. The number of carbonyl (C=O) groups is 2. The Balaban J connectivity index is 1.83. The Morgan fingerprint density at radius 1 is 1.24 bits per heavy atom. The van der Waals surface area contributed by atoms with Crippen molar-refractivity contribution in [1.29, 1.82) is 0 Å². The van der Waals surface area contributed by atoms with Crippen LogP contribution in [0.15, 0.2) is 36.7 Å². The van der Waals surface area contributed by atoms with Gasteiger partial charge in [0.05, 0.1) is 36.6 Å². The van der Waals surface area contributed by atoms with Crippen molar-refractivity contribution in [3.63, 3.8) is 0 Å². The Hall–Kier alpha value is -3.07. The summed E-state index contributed by atoms with van der Waals surface area (Å²) in [6.45, 7) is 7.17. The molecule has 1 saturated carbocycles. The molecule has 0 radical (unpaired) electrons. The van der Waals surface area contributed by atoms with Gasteiger partial charge in [-0.2, -0.15) is 0 Å². The summed E-state index contributed by atoms with van der Waals surface area (Å²) in [5.74, 6) is -0.597. The van der Waals surface area contributed by atoms with Gasteiger partial charge in [0.25, 0.3) is 0 Å². The summed E-state index contributed by atoms with van der Waals surface area (Å²) in [7, 11) is 0. The largest absolute Gasteiger partial charge is 0.466 e. The van der Waals surface area contributed by atoms with E-state index < -0.39 is 41.0 Å². The number of benzene rings is 1. The Morgan fingerprint density at radius 3 is 2.58 bits per heavy atom. The molecule has 2 aromatic rings. The fourth-order valence-corrected chi connectivity index (χ4v) is 4.13. The number of aromatic nitrogens is 2. The molecule has 1 heterocycles. The highest BCUT2D eigenvalue weighted by molar-refractivity contribution is 5.78. The predicted octanol–water partition coefficient (Wildman–Crippen LogP) is 3.42. The lowest BCUT2D eigenvalue weighted by Crippen LogP contribution is -2.43. The Morgan fingerprint density at radius 2 is 1.94 bits per heavy atom. The van der Waals surface area contributed by atoms with E-state index in [0.29, 0.717) is 11.4 Å². The number of hydrogen-bond acceptors (Lipinski definition) is 7.